The van der Waals surface area contributed by atoms with Crippen molar-refractivity contribution in [3.63, 3.8) is 0 Å². The van der Waals surface area contributed by atoms with E-state index in [4.69, 9.17) is 0 Å². The van der Waals surface area contributed by atoms with Crippen LogP contribution in [0.4, 0.5) is 0 Å². The number of hydrogen-bond donors (Lipinski definition) is 2. The van der Waals surface area contributed by atoms with Crippen molar-refractivity contribution in [3.05, 3.63) is 18.0 Å². The molecule has 1 amide bonds. The first-order valence-corrected chi connectivity index (χ1v) is 9.44. The molecular formula is C18H33N7O. The summed E-state index contributed by atoms with van der Waals surface area (Å²) >= 11 is 0. The smallest absolute Gasteiger partial charge is 0.236 e. The van der Waals surface area contributed by atoms with Gasteiger partial charge in [0.15, 0.2) is 5.96 Å². The molecule has 0 atom stereocenters. The van der Waals surface area contributed by atoms with E-state index in [1.165, 1.54) is 5.56 Å². The number of aryl methyl sites for hydroxylation is 1. The second kappa shape index (κ2) is 10.2. The molecule has 146 valence electrons. The topological polar surface area (TPSA) is 77.8 Å². The first-order chi connectivity index (χ1) is 12.5. The highest BCUT2D eigenvalue weighted by molar-refractivity contribution is 5.80. The lowest BCUT2D eigenvalue weighted by Gasteiger charge is -2.33. The summed E-state index contributed by atoms with van der Waals surface area (Å²) in [5.41, 5.74) is 1.17. The van der Waals surface area contributed by atoms with Gasteiger partial charge in [0.25, 0.3) is 0 Å². The summed E-state index contributed by atoms with van der Waals surface area (Å²) in [7, 11) is 3.61. The van der Waals surface area contributed by atoms with Crippen LogP contribution in [0.3, 0.4) is 0 Å². The molecule has 1 aromatic heterocycles. The van der Waals surface area contributed by atoms with Gasteiger partial charge in [-0.25, -0.2) is 0 Å². The molecular weight excluding hydrogens is 330 g/mol. The second-order valence-electron chi connectivity index (χ2n) is 7.02. The molecule has 0 aliphatic carbocycles. The van der Waals surface area contributed by atoms with E-state index in [1.54, 1.807) is 19.0 Å². The molecule has 0 unspecified atom stereocenters. The Hall–Kier alpha value is -2.09. The lowest BCUT2D eigenvalue weighted by atomic mass is 10.1. The number of likely N-dealkylation sites (N-methyl/N-ethyl adjacent to an activating group) is 1. The highest BCUT2D eigenvalue weighted by Crippen LogP contribution is 2.10. The third-order valence-electron chi connectivity index (χ3n) is 4.49. The third-order valence-corrected chi connectivity index (χ3v) is 4.49. The number of piperidine rings is 1. The molecule has 1 fully saturated rings. The molecule has 26 heavy (non-hydrogen) atoms. The Morgan fingerprint density at radius 2 is 2.12 bits per heavy atom. The van der Waals surface area contributed by atoms with Crippen molar-refractivity contribution in [3.8, 4) is 0 Å². The molecule has 1 aromatic rings. The number of rotatable bonds is 7. The molecule has 2 rings (SSSR count). The van der Waals surface area contributed by atoms with E-state index in [1.807, 2.05) is 24.0 Å². The molecule has 1 saturated heterocycles. The van der Waals surface area contributed by atoms with Crippen LogP contribution in [0, 0.1) is 6.92 Å². The van der Waals surface area contributed by atoms with E-state index >= 15 is 0 Å². The first kappa shape index (κ1) is 20.2. The Bertz CT molecular complexity index is 588. The monoisotopic (exact) mass is 363 g/mol. The van der Waals surface area contributed by atoms with Gasteiger partial charge in [-0.15, -0.1) is 0 Å². The van der Waals surface area contributed by atoms with Crippen LogP contribution in [-0.4, -0.2) is 84.3 Å². The van der Waals surface area contributed by atoms with Crippen molar-refractivity contribution in [2.75, 3.05) is 46.8 Å². The fourth-order valence-electron chi connectivity index (χ4n) is 2.93. The van der Waals surface area contributed by atoms with Crippen LogP contribution in [0.25, 0.3) is 0 Å². The molecule has 0 aromatic carbocycles. The Kier molecular flexibility index (Phi) is 7.90. The van der Waals surface area contributed by atoms with E-state index in [-0.39, 0.29) is 5.91 Å². The zero-order valence-corrected chi connectivity index (χ0v) is 16.5. The number of hydrogen-bond acceptors (Lipinski definition) is 4. The summed E-state index contributed by atoms with van der Waals surface area (Å²) in [6.07, 6.45) is 5.93. The second-order valence-corrected chi connectivity index (χ2v) is 7.02. The van der Waals surface area contributed by atoms with Gasteiger partial charge in [0.1, 0.15) is 0 Å². The minimum absolute atomic E-state index is 0.167. The van der Waals surface area contributed by atoms with Gasteiger partial charge in [0.2, 0.25) is 5.91 Å². The van der Waals surface area contributed by atoms with Gasteiger partial charge in [-0.1, -0.05) is 0 Å². The fraction of sp³-hybridized carbons (Fsp3) is 0.722. The van der Waals surface area contributed by atoms with E-state index in [9.17, 15) is 4.79 Å². The van der Waals surface area contributed by atoms with Crippen LogP contribution >= 0.6 is 0 Å². The molecule has 1 aliphatic rings. The Balaban J connectivity index is 1.77. The number of nitrogens with zero attached hydrogens (tertiary/aromatic N) is 5. The quantitative estimate of drug-likeness (QED) is 0.538. The lowest BCUT2D eigenvalue weighted by molar-refractivity contribution is -0.130. The number of aromatic nitrogens is 2. The molecule has 0 saturated carbocycles. The van der Waals surface area contributed by atoms with Gasteiger partial charge >= 0.3 is 0 Å². The van der Waals surface area contributed by atoms with Gasteiger partial charge < -0.3 is 15.5 Å². The summed E-state index contributed by atoms with van der Waals surface area (Å²) in [6, 6.07) is 0.394. The van der Waals surface area contributed by atoms with Crippen LogP contribution in [0.5, 0.6) is 0 Å². The van der Waals surface area contributed by atoms with Gasteiger partial charge in [-0.2, -0.15) is 5.10 Å². The van der Waals surface area contributed by atoms with Crippen molar-refractivity contribution in [2.45, 2.75) is 39.3 Å². The summed E-state index contributed by atoms with van der Waals surface area (Å²) in [6.45, 7) is 8.79. The first-order valence-electron chi connectivity index (χ1n) is 9.44. The molecule has 0 radical (unpaired) electrons. The van der Waals surface area contributed by atoms with E-state index in [0.29, 0.717) is 19.1 Å². The van der Waals surface area contributed by atoms with Gasteiger partial charge in [-0.3, -0.25) is 19.4 Å². The van der Waals surface area contributed by atoms with Crippen molar-refractivity contribution >= 4 is 11.9 Å². The predicted molar refractivity (Wildman–Crippen MR) is 104 cm³/mol. The predicted octanol–water partition coefficient (Wildman–Crippen LogP) is 0.299. The zero-order valence-electron chi connectivity index (χ0n) is 16.5. The minimum Gasteiger partial charge on any atom is -0.357 e. The number of guanidine groups is 1. The summed E-state index contributed by atoms with van der Waals surface area (Å²) in [5, 5.41) is 11.1. The molecule has 2 heterocycles. The molecule has 8 heteroatoms. The number of carbonyl (C=O) groups is 1. The van der Waals surface area contributed by atoms with Gasteiger partial charge in [0.05, 0.1) is 25.8 Å². The van der Waals surface area contributed by atoms with Crippen LogP contribution in [0.15, 0.2) is 17.4 Å². The van der Waals surface area contributed by atoms with Crippen LogP contribution in [0.2, 0.25) is 0 Å². The summed E-state index contributed by atoms with van der Waals surface area (Å²) in [4.78, 5) is 20.4. The zero-order chi connectivity index (χ0) is 18.9. The van der Waals surface area contributed by atoms with Crippen molar-refractivity contribution in [2.24, 2.45) is 4.99 Å². The maximum Gasteiger partial charge on any atom is 0.236 e. The number of aliphatic imine (C=N–C) groups is 1. The molecule has 0 spiro atoms. The van der Waals surface area contributed by atoms with Crippen molar-refractivity contribution in [1.82, 2.24) is 30.2 Å². The van der Waals surface area contributed by atoms with E-state index in [2.05, 4.69) is 32.5 Å². The number of amides is 1. The largest absolute Gasteiger partial charge is 0.357 e. The average molecular weight is 364 g/mol. The molecule has 2 N–H and O–H groups in total. The normalized spacial score (nSPS) is 16.5. The molecule has 8 nitrogen and oxygen atoms in total. The molecule has 1 aliphatic heterocycles. The SMILES string of the molecule is CCNC(=NCCn1cc(C)cn1)NC1CCN(CC(=O)N(C)C)CC1. The van der Waals surface area contributed by atoms with E-state index < -0.39 is 0 Å². The highest BCUT2D eigenvalue weighted by atomic mass is 16.2. The summed E-state index contributed by atoms with van der Waals surface area (Å²) in [5.74, 6) is 1.03. The van der Waals surface area contributed by atoms with Crippen molar-refractivity contribution in [1.29, 1.82) is 0 Å². The third kappa shape index (κ3) is 6.67. The van der Waals surface area contributed by atoms with E-state index in [0.717, 1.165) is 45.0 Å². The van der Waals surface area contributed by atoms with Crippen molar-refractivity contribution < 1.29 is 4.79 Å². The minimum atomic E-state index is 0.167. The standard InChI is InChI=1S/C18H33N7O/c1-5-19-18(20-8-11-25-13-15(2)12-21-25)22-16-6-9-24(10-7-16)14-17(26)23(3)4/h12-13,16H,5-11,14H2,1-4H3,(H2,19,20,22). The van der Waals surface area contributed by atoms with Crippen LogP contribution < -0.4 is 10.6 Å². The van der Waals surface area contributed by atoms with Crippen LogP contribution in [0.1, 0.15) is 25.3 Å². The molecule has 0 bridgehead atoms. The van der Waals surface area contributed by atoms with Crippen LogP contribution in [-0.2, 0) is 11.3 Å². The van der Waals surface area contributed by atoms with Gasteiger partial charge in [0, 0.05) is 46.0 Å². The lowest BCUT2D eigenvalue weighted by Crippen LogP contribution is -2.50. The maximum atomic E-state index is 11.8. The highest BCUT2D eigenvalue weighted by Gasteiger charge is 2.21. The Morgan fingerprint density at radius 1 is 1.38 bits per heavy atom. The van der Waals surface area contributed by atoms with Gasteiger partial charge in [-0.05, 0) is 32.3 Å². The number of carbonyl (C=O) groups excluding carboxylic acids is 1. The number of likely N-dealkylation sites (tertiary alicyclic amines) is 1. The Morgan fingerprint density at radius 3 is 2.69 bits per heavy atom. The number of nitrogens with one attached hydrogen (secondary N) is 2. The summed E-state index contributed by atoms with van der Waals surface area (Å²) < 4.78 is 1.92. The maximum absolute atomic E-state index is 11.8. The fourth-order valence-corrected chi connectivity index (χ4v) is 2.93. The Labute approximate surface area is 156 Å². The average Bonchev–Trinajstić information content (AvgIpc) is 3.02.